The molecule has 0 atom stereocenters. The topological polar surface area (TPSA) is 66.3 Å². The van der Waals surface area contributed by atoms with Crippen molar-refractivity contribution in [2.24, 2.45) is 0 Å². The first-order valence-electron chi connectivity index (χ1n) is 6.39. The molecule has 2 aromatic rings. The average molecular weight is 301 g/mol. The van der Waals surface area contributed by atoms with E-state index in [0.717, 1.165) is 5.69 Å². The predicted octanol–water partition coefficient (Wildman–Crippen LogP) is 1.54. The van der Waals surface area contributed by atoms with E-state index < -0.39 is 0 Å². The Hall–Kier alpha value is -2.23. The zero-order valence-corrected chi connectivity index (χ0v) is 12.4. The predicted molar refractivity (Wildman–Crippen MR) is 80.7 cm³/mol. The first kappa shape index (κ1) is 15.2. The molecule has 0 saturated heterocycles. The smallest absolute Gasteiger partial charge is 0.273 e. The molecule has 2 heterocycles. The molecule has 0 radical (unpaired) electrons. The van der Waals surface area contributed by atoms with Crippen LogP contribution < -0.4 is 0 Å². The Kier molecular flexibility index (Phi) is 5.43. The highest BCUT2D eigenvalue weighted by atomic mass is 32.1. The molecule has 2 rings (SSSR count). The summed E-state index contributed by atoms with van der Waals surface area (Å²) in [6, 6.07) is 3.49. The van der Waals surface area contributed by atoms with Gasteiger partial charge in [-0.1, -0.05) is 11.8 Å². The molecule has 2 aromatic heterocycles. The lowest BCUT2D eigenvalue weighted by Gasteiger charge is -2.16. The maximum Gasteiger partial charge on any atom is 0.273 e. The monoisotopic (exact) mass is 301 g/mol. The van der Waals surface area contributed by atoms with Gasteiger partial charge in [-0.3, -0.25) is 4.79 Å². The number of nitrogens with zero attached hydrogens (tertiary/aromatic N) is 3. The molecule has 1 N–H and O–H groups in total. The van der Waals surface area contributed by atoms with Crippen LogP contribution in [0.3, 0.4) is 0 Å². The Morgan fingerprint density at radius 1 is 1.48 bits per heavy atom. The number of aliphatic hydroxyl groups excluding tert-OH is 1. The van der Waals surface area contributed by atoms with E-state index in [-0.39, 0.29) is 12.5 Å². The van der Waals surface area contributed by atoms with Crippen LogP contribution in [0.2, 0.25) is 0 Å². The summed E-state index contributed by atoms with van der Waals surface area (Å²) in [7, 11) is 1.71. The second-order valence-corrected chi connectivity index (χ2v) is 5.03. The third kappa shape index (κ3) is 4.12. The highest BCUT2D eigenvalue weighted by Gasteiger charge is 2.17. The van der Waals surface area contributed by atoms with E-state index in [0.29, 0.717) is 24.2 Å². The van der Waals surface area contributed by atoms with E-state index in [1.807, 2.05) is 5.38 Å². The zero-order chi connectivity index (χ0) is 15.1. The van der Waals surface area contributed by atoms with Gasteiger partial charge in [-0.25, -0.2) is 9.97 Å². The highest BCUT2D eigenvalue weighted by molar-refractivity contribution is 7.07. The van der Waals surface area contributed by atoms with Crippen molar-refractivity contribution in [3.05, 3.63) is 46.2 Å². The minimum absolute atomic E-state index is 0.000268. The molecule has 108 valence electrons. The number of carbonyl (C=O) groups excluding carboxylic acids is 1. The number of pyridine rings is 1. The Bertz CT molecular complexity index is 659. The van der Waals surface area contributed by atoms with E-state index in [9.17, 15) is 4.79 Å². The zero-order valence-electron chi connectivity index (χ0n) is 11.6. The number of thiazole rings is 1. The summed E-state index contributed by atoms with van der Waals surface area (Å²) in [4.78, 5) is 22.3. The van der Waals surface area contributed by atoms with Crippen LogP contribution in [0.5, 0.6) is 0 Å². The van der Waals surface area contributed by atoms with Crippen molar-refractivity contribution < 1.29 is 9.90 Å². The first-order chi connectivity index (χ1) is 10.2. The molecule has 0 aliphatic rings. The maximum atomic E-state index is 12.4. The molecule has 5 nitrogen and oxygen atoms in total. The third-order valence-corrected chi connectivity index (χ3v) is 3.33. The third-order valence-electron chi connectivity index (χ3n) is 2.70. The van der Waals surface area contributed by atoms with Crippen molar-refractivity contribution in [1.29, 1.82) is 0 Å². The van der Waals surface area contributed by atoms with Gasteiger partial charge >= 0.3 is 0 Å². The summed E-state index contributed by atoms with van der Waals surface area (Å²) in [5.74, 6) is 5.49. The quantitative estimate of drug-likeness (QED) is 0.870. The molecule has 0 aliphatic carbocycles. The molecule has 0 spiro atoms. The van der Waals surface area contributed by atoms with E-state index >= 15 is 0 Å². The van der Waals surface area contributed by atoms with Crippen molar-refractivity contribution in [1.82, 2.24) is 14.9 Å². The Morgan fingerprint density at radius 3 is 3.05 bits per heavy atom. The molecule has 0 saturated carbocycles. The molecule has 0 bridgehead atoms. The lowest BCUT2D eigenvalue weighted by Crippen LogP contribution is -2.27. The van der Waals surface area contributed by atoms with Crippen molar-refractivity contribution >= 4 is 17.2 Å². The van der Waals surface area contributed by atoms with Gasteiger partial charge in [-0.15, -0.1) is 11.3 Å². The number of aromatic nitrogens is 2. The molecule has 6 heteroatoms. The summed E-state index contributed by atoms with van der Waals surface area (Å²) in [5.41, 5.74) is 3.47. The summed E-state index contributed by atoms with van der Waals surface area (Å²) >= 11 is 1.50. The van der Waals surface area contributed by atoms with Gasteiger partial charge in [0.1, 0.15) is 5.69 Å². The van der Waals surface area contributed by atoms with Crippen molar-refractivity contribution in [3.8, 4) is 11.8 Å². The molecule has 0 fully saturated rings. The van der Waals surface area contributed by atoms with Crippen molar-refractivity contribution in [3.63, 3.8) is 0 Å². The van der Waals surface area contributed by atoms with Crippen LogP contribution >= 0.6 is 11.3 Å². The Balaban J connectivity index is 2.17. The van der Waals surface area contributed by atoms with Crippen LogP contribution in [0, 0.1) is 11.8 Å². The molecule has 1 amide bonds. The van der Waals surface area contributed by atoms with Crippen molar-refractivity contribution in [2.75, 3.05) is 13.7 Å². The molecule has 0 aliphatic heterocycles. The Morgan fingerprint density at radius 2 is 2.33 bits per heavy atom. The molecule has 0 aromatic carbocycles. The van der Waals surface area contributed by atoms with Gasteiger partial charge in [0.25, 0.3) is 5.91 Å². The van der Waals surface area contributed by atoms with Gasteiger partial charge in [0.05, 0.1) is 29.9 Å². The fraction of sp³-hybridized carbons (Fsp3) is 0.267. The lowest BCUT2D eigenvalue weighted by molar-refractivity contribution is 0.0777. The number of hydrogen-bond donors (Lipinski definition) is 1. The lowest BCUT2D eigenvalue weighted by atomic mass is 10.1. The number of aliphatic hydroxyl groups is 1. The van der Waals surface area contributed by atoms with Crippen LogP contribution in [0.1, 0.15) is 28.2 Å². The van der Waals surface area contributed by atoms with Gasteiger partial charge in [-0.2, -0.15) is 0 Å². The van der Waals surface area contributed by atoms with Crippen LogP contribution in [0.25, 0.3) is 0 Å². The SMILES string of the molecule is CN(Cc1cscn1)C(=O)c1ncccc1C#CCCO. The van der Waals surface area contributed by atoms with Crippen LogP contribution in [0.4, 0.5) is 0 Å². The minimum Gasteiger partial charge on any atom is -0.395 e. The normalized spacial score (nSPS) is 9.81. The summed E-state index contributed by atoms with van der Waals surface area (Å²) < 4.78 is 0. The summed E-state index contributed by atoms with van der Waals surface area (Å²) in [6.07, 6.45) is 1.94. The second kappa shape index (κ2) is 7.53. The largest absolute Gasteiger partial charge is 0.395 e. The number of rotatable bonds is 4. The number of carbonyl (C=O) groups is 1. The van der Waals surface area contributed by atoms with E-state index in [1.54, 1.807) is 35.8 Å². The van der Waals surface area contributed by atoms with Crippen LogP contribution in [-0.2, 0) is 6.54 Å². The fourth-order valence-corrected chi connectivity index (χ4v) is 2.25. The van der Waals surface area contributed by atoms with Crippen molar-refractivity contribution in [2.45, 2.75) is 13.0 Å². The van der Waals surface area contributed by atoms with Crippen LogP contribution in [-0.4, -0.2) is 39.5 Å². The average Bonchev–Trinajstić information content (AvgIpc) is 3.00. The molecular formula is C15H15N3O2S. The van der Waals surface area contributed by atoms with Gasteiger partial charge < -0.3 is 10.0 Å². The second-order valence-electron chi connectivity index (χ2n) is 4.32. The van der Waals surface area contributed by atoms with Gasteiger partial charge in [-0.05, 0) is 12.1 Å². The maximum absolute atomic E-state index is 12.4. The molecule has 21 heavy (non-hydrogen) atoms. The van der Waals surface area contributed by atoms with Crippen LogP contribution in [0.15, 0.2) is 29.2 Å². The molecule has 0 unspecified atom stereocenters. The molecular weight excluding hydrogens is 286 g/mol. The highest BCUT2D eigenvalue weighted by Crippen LogP contribution is 2.10. The number of amides is 1. The summed E-state index contributed by atoms with van der Waals surface area (Å²) in [6.45, 7) is 0.433. The van der Waals surface area contributed by atoms with Gasteiger partial charge in [0.2, 0.25) is 0 Å². The fourth-order valence-electron chi connectivity index (χ4n) is 1.70. The van der Waals surface area contributed by atoms with E-state index in [1.165, 1.54) is 11.3 Å². The van der Waals surface area contributed by atoms with Gasteiger partial charge in [0, 0.05) is 25.0 Å². The first-order valence-corrected chi connectivity index (χ1v) is 7.34. The van der Waals surface area contributed by atoms with E-state index in [4.69, 9.17) is 5.11 Å². The number of hydrogen-bond acceptors (Lipinski definition) is 5. The summed E-state index contributed by atoms with van der Waals surface area (Å²) in [5, 5.41) is 10.7. The van der Waals surface area contributed by atoms with E-state index in [2.05, 4.69) is 21.8 Å². The minimum atomic E-state index is -0.197. The van der Waals surface area contributed by atoms with Gasteiger partial charge in [0.15, 0.2) is 0 Å². The Labute approximate surface area is 127 Å². The standard InChI is InChI=1S/C15H15N3O2S/c1-18(9-13-10-21-11-17-13)15(20)14-12(5-2-3-8-19)6-4-7-16-14/h4,6-7,10-11,19H,3,8-9H2,1H3.